The zero-order valence-electron chi connectivity index (χ0n) is 7.37. The van der Waals surface area contributed by atoms with E-state index in [0.29, 0.717) is 5.88 Å². The van der Waals surface area contributed by atoms with Crippen LogP contribution in [0.2, 0.25) is 0 Å². The number of hydrogen-bond acceptors (Lipinski definition) is 2. The van der Waals surface area contributed by atoms with E-state index >= 15 is 0 Å². The molecule has 2 rings (SSSR count). The molecule has 0 spiro atoms. The fraction of sp³-hybridized carbons (Fsp3) is 0.333. The van der Waals surface area contributed by atoms with Crippen LogP contribution in [-0.2, 0) is 6.42 Å². The van der Waals surface area contributed by atoms with Gasteiger partial charge in [0.25, 0.3) is 0 Å². The molecule has 2 heterocycles. The van der Waals surface area contributed by atoms with Gasteiger partial charge in [-0.15, -0.1) is 11.6 Å². The highest BCUT2D eigenvalue weighted by Gasteiger charge is 2.03. The maximum absolute atomic E-state index is 5.61. The smallest absolute Gasteiger partial charge is 0.155 e. The number of aromatic nitrogens is 3. The Balaban J connectivity index is 2.55. The number of fused-ring (bicyclic) bond motifs is 1. The normalized spacial score (nSPS) is 10.9. The van der Waals surface area contributed by atoms with Crippen molar-refractivity contribution in [2.45, 2.75) is 13.3 Å². The van der Waals surface area contributed by atoms with Crippen LogP contribution in [0.3, 0.4) is 0 Å². The molecule has 68 valence electrons. The second-order valence-corrected chi connectivity index (χ2v) is 3.28. The molecule has 0 aromatic carbocycles. The van der Waals surface area contributed by atoms with Crippen molar-refractivity contribution in [2.24, 2.45) is 0 Å². The zero-order valence-corrected chi connectivity index (χ0v) is 8.12. The Morgan fingerprint density at radius 1 is 1.46 bits per heavy atom. The van der Waals surface area contributed by atoms with E-state index in [1.165, 1.54) is 0 Å². The van der Waals surface area contributed by atoms with Crippen LogP contribution in [0.5, 0.6) is 0 Å². The molecule has 0 aliphatic heterocycles. The van der Waals surface area contributed by atoms with Crippen molar-refractivity contribution in [3.63, 3.8) is 0 Å². The van der Waals surface area contributed by atoms with Crippen LogP contribution in [0, 0.1) is 6.92 Å². The van der Waals surface area contributed by atoms with E-state index in [2.05, 4.69) is 10.1 Å². The van der Waals surface area contributed by atoms with Gasteiger partial charge in [0.05, 0.1) is 0 Å². The van der Waals surface area contributed by atoms with E-state index < -0.39 is 0 Å². The van der Waals surface area contributed by atoms with Crippen molar-refractivity contribution < 1.29 is 0 Å². The summed E-state index contributed by atoms with van der Waals surface area (Å²) in [5, 5.41) is 4.32. The highest BCUT2D eigenvalue weighted by atomic mass is 35.5. The highest BCUT2D eigenvalue weighted by molar-refractivity contribution is 6.17. The molecular formula is C9H10ClN3. The Bertz CT molecular complexity index is 422. The molecule has 2 aromatic rings. The molecule has 13 heavy (non-hydrogen) atoms. The van der Waals surface area contributed by atoms with Crippen molar-refractivity contribution in [1.29, 1.82) is 0 Å². The predicted molar refractivity (Wildman–Crippen MR) is 52.1 cm³/mol. The molecule has 0 amide bonds. The van der Waals surface area contributed by atoms with Crippen molar-refractivity contribution in [1.82, 2.24) is 14.6 Å². The molecule has 0 atom stereocenters. The van der Waals surface area contributed by atoms with Crippen LogP contribution in [0.15, 0.2) is 18.2 Å². The summed E-state index contributed by atoms with van der Waals surface area (Å²) in [6, 6.07) is 5.92. The van der Waals surface area contributed by atoms with Gasteiger partial charge >= 0.3 is 0 Å². The average molecular weight is 196 g/mol. The van der Waals surface area contributed by atoms with Crippen molar-refractivity contribution in [2.75, 3.05) is 5.88 Å². The van der Waals surface area contributed by atoms with Crippen LogP contribution >= 0.6 is 11.6 Å². The first-order chi connectivity index (χ1) is 6.31. The molecule has 0 aliphatic carbocycles. The number of halogens is 1. The Morgan fingerprint density at radius 2 is 2.31 bits per heavy atom. The topological polar surface area (TPSA) is 30.2 Å². The van der Waals surface area contributed by atoms with E-state index in [9.17, 15) is 0 Å². The van der Waals surface area contributed by atoms with E-state index in [4.69, 9.17) is 11.6 Å². The molecule has 0 N–H and O–H groups in total. The van der Waals surface area contributed by atoms with Gasteiger partial charge in [0, 0.05) is 18.0 Å². The van der Waals surface area contributed by atoms with Crippen molar-refractivity contribution >= 4 is 17.2 Å². The molecule has 2 aromatic heterocycles. The molecular weight excluding hydrogens is 186 g/mol. The first-order valence-corrected chi connectivity index (χ1v) is 4.72. The summed E-state index contributed by atoms with van der Waals surface area (Å²) in [6.45, 7) is 2.01. The zero-order chi connectivity index (χ0) is 9.26. The van der Waals surface area contributed by atoms with Gasteiger partial charge in [0.15, 0.2) is 11.5 Å². The van der Waals surface area contributed by atoms with E-state index in [1.807, 2.05) is 29.6 Å². The first kappa shape index (κ1) is 8.51. The third-order valence-corrected chi connectivity index (χ3v) is 2.10. The number of hydrogen-bond donors (Lipinski definition) is 0. The summed E-state index contributed by atoms with van der Waals surface area (Å²) >= 11 is 5.61. The average Bonchev–Trinajstić information content (AvgIpc) is 2.49. The van der Waals surface area contributed by atoms with Crippen molar-refractivity contribution in [3.05, 3.63) is 29.7 Å². The molecule has 3 nitrogen and oxygen atoms in total. The Morgan fingerprint density at radius 3 is 3.00 bits per heavy atom. The summed E-state index contributed by atoms with van der Waals surface area (Å²) in [4.78, 5) is 4.33. The molecule has 0 saturated heterocycles. The van der Waals surface area contributed by atoms with E-state index in [1.54, 1.807) is 0 Å². The second-order valence-electron chi connectivity index (χ2n) is 2.90. The fourth-order valence-electron chi connectivity index (χ4n) is 1.27. The van der Waals surface area contributed by atoms with Gasteiger partial charge in [-0.25, -0.2) is 9.50 Å². The Kier molecular flexibility index (Phi) is 2.19. The van der Waals surface area contributed by atoms with Crippen LogP contribution in [0.4, 0.5) is 0 Å². The summed E-state index contributed by atoms with van der Waals surface area (Å²) in [6.07, 6.45) is 0.725. The first-order valence-electron chi connectivity index (χ1n) is 4.18. The minimum absolute atomic E-state index is 0.565. The largest absolute Gasteiger partial charge is 0.218 e. The lowest BCUT2D eigenvalue weighted by Gasteiger charge is -1.93. The summed E-state index contributed by atoms with van der Waals surface area (Å²) in [5.74, 6) is 1.37. The monoisotopic (exact) mass is 195 g/mol. The SMILES string of the molecule is Cc1cccc2nc(CCCl)nn12. The van der Waals surface area contributed by atoms with Gasteiger partial charge in [-0.3, -0.25) is 0 Å². The standard InChI is InChI=1S/C9H10ClN3/c1-7-3-2-4-9-11-8(5-6-10)12-13(7)9/h2-4H,5-6H2,1H3. The van der Waals surface area contributed by atoms with E-state index in [0.717, 1.165) is 23.6 Å². The minimum Gasteiger partial charge on any atom is -0.218 e. The maximum Gasteiger partial charge on any atom is 0.155 e. The van der Waals surface area contributed by atoms with E-state index in [-0.39, 0.29) is 0 Å². The molecule has 0 bridgehead atoms. The maximum atomic E-state index is 5.61. The lowest BCUT2D eigenvalue weighted by atomic mass is 10.4. The minimum atomic E-state index is 0.565. The van der Waals surface area contributed by atoms with Crippen LogP contribution in [-0.4, -0.2) is 20.5 Å². The number of rotatable bonds is 2. The molecule has 0 radical (unpaired) electrons. The quantitative estimate of drug-likeness (QED) is 0.685. The summed E-state index contributed by atoms with van der Waals surface area (Å²) in [5.41, 5.74) is 1.98. The molecule has 0 saturated carbocycles. The van der Waals surface area contributed by atoms with Gasteiger partial charge in [0.1, 0.15) is 0 Å². The summed E-state index contributed by atoms with van der Waals surface area (Å²) < 4.78 is 1.84. The number of pyridine rings is 1. The third kappa shape index (κ3) is 1.52. The highest BCUT2D eigenvalue weighted by Crippen LogP contribution is 2.05. The summed E-state index contributed by atoms with van der Waals surface area (Å²) in [7, 11) is 0. The number of nitrogens with zero attached hydrogens (tertiary/aromatic N) is 3. The molecule has 0 aliphatic rings. The third-order valence-electron chi connectivity index (χ3n) is 1.91. The van der Waals surface area contributed by atoms with Gasteiger partial charge in [-0.2, -0.15) is 5.10 Å². The molecule has 0 unspecified atom stereocenters. The number of alkyl halides is 1. The van der Waals surface area contributed by atoms with Crippen LogP contribution < -0.4 is 0 Å². The lowest BCUT2D eigenvalue weighted by Crippen LogP contribution is -1.93. The van der Waals surface area contributed by atoms with Crippen LogP contribution in [0.25, 0.3) is 5.65 Å². The Hall–Kier alpha value is -1.09. The van der Waals surface area contributed by atoms with Crippen molar-refractivity contribution in [3.8, 4) is 0 Å². The fourth-order valence-corrected chi connectivity index (χ4v) is 1.44. The van der Waals surface area contributed by atoms with Gasteiger partial charge in [-0.05, 0) is 19.1 Å². The lowest BCUT2D eigenvalue weighted by molar-refractivity contribution is 0.862. The van der Waals surface area contributed by atoms with Gasteiger partial charge in [0.2, 0.25) is 0 Å². The number of aryl methyl sites for hydroxylation is 2. The van der Waals surface area contributed by atoms with Gasteiger partial charge < -0.3 is 0 Å². The molecule has 0 fully saturated rings. The van der Waals surface area contributed by atoms with Gasteiger partial charge in [-0.1, -0.05) is 6.07 Å². The Labute approximate surface area is 81.4 Å². The second kappa shape index (κ2) is 3.34. The van der Waals surface area contributed by atoms with Crippen LogP contribution in [0.1, 0.15) is 11.5 Å². The predicted octanol–water partition coefficient (Wildman–Crippen LogP) is 1.82. The molecule has 4 heteroatoms.